The summed E-state index contributed by atoms with van der Waals surface area (Å²) in [6, 6.07) is 0. The molecule has 0 saturated heterocycles. The Kier molecular flexibility index (Phi) is 29.9. The van der Waals surface area contributed by atoms with Crippen molar-refractivity contribution in [2.24, 2.45) is 0 Å². The van der Waals surface area contributed by atoms with Crippen LogP contribution >= 0.6 is 0 Å². The maximum Gasteiger partial charge on any atom is 0.313 e. The molecule has 0 aliphatic heterocycles. The molecule has 0 aliphatic rings. The topological polar surface area (TPSA) is 63.6 Å². The van der Waals surface area contributed by atoms with Crippen LogP contribution in [0.25, 0.3) is 0 Å². The zero-order chi connectivity index (χ0) is 27.9. The van der Waals surface area contributed by atoms with Crippen LogP contribution < -0.4 is 0 Å². The van der Waals surface area contributed by atoms with Gasteiger partial charge in [-0.2, -0.15) is 0 Å². The Hall–Kier alpha value is -0.900. The van der Waals surface area contributed by atoms with E-state index in [9.17, 15) is 14.7 Å². The number of rotatable bonds is 30. The molecule has 1 N–H and O–H groups in total. The van der Waals surface area contributed by atoms with Gasteiger partial charge in [-0.1, -0.05) is 162 Å². The van der Waals surface area contributed by atoms with Gasteiger partial charge in [-0.05, 0) is 25.7 Å². The van der Waals surface area contributed by atoms with Crippen molar-refractivity contribution >= 4 is 11.9 Å². The highest BCUT2D eigenvalue weighted by Gasteiger charge is 2.10. The molecule has 0 aromatic heterocycles. The maximum atomic E-state index is 11.9. The number of ether oxygens (including phenoxy) is 1. The average Bonchev–Trinajstić information content (AvgIpc) is 2.90. The van der Waals surface area contributed by atoms with Crippen molar-refractivity contribution in [2.75, 3.05) is 0 Å². The molecule has 0 bridgehead atoms. The highest BCUT2D eigenvalue weighted by atomic mass is 16.6. The monoisotopic (exact) mass is 538 g/mol. The molecule has 0 heterocycles. The highest BCUT2D eigenvalue weighted by Crippen LogP contribution is 2.15. The lowest BCUT2D eigenvalue weighted by molar-refractivity contribution is -0.159. The van der Waals surface area contributed by atoms with Crippen LogP contribution in [-0.2, 0) is 14.3 Å². The molecule has 0 amide bonds. The van der Waals surface area contributed by atoms with Crippen LogP contribution in [0.5, 0.6) is 0 Å². The molecular weight excluding hydrogens is 472 g/mol. The van der Waals surface area contributed by atoms with Crippen LogP contribution in [0.1, 0.15) is 200 Å². The summed E-state index contributed by atoms with van der Waals surface area (Å²) in [5.41, 5.74) is 0. The van der Waals surface area contributed by atoms with Gasteiger partial charge in [0.15, 0.2) is 0 Å². The van der Waals surface area contributed by atoms with Gasteiger partial charge in [0.05, 0.1) is 6.10 Å². The van der Waals surface area contributed by atoms with E-state index in [-0.39, 0.29) is 18.0 Å². The number of carbonyl (C=O) groups excluding carboxylic acids is 2. The van der Waals surface area contributed by atoms with Gasteiger partial charge >= 0.3 is 11.9 Å². The molecule has 0 radical (unpaired) electrons. The minimum absolute atomic E-state index is 0.178. The van der Waals surface area contributed by atoms with Crippen molar-refractivity contribution in [1.82, 2.24) is 0 Å². The van der Waals surface area contributed by atoms with E-state index in [2.05, 4.69) is 13.8 Å². The lowest BCUT2D eigenvalue weighted by Crippen LogP contribution is -2.11. The second-order valence-electron chi connectivity index (χ2n) is 11.7. The van der Waals surface area contributed by atoms with E-state index in [1.165, 1.54) is 116 Å². The summed E-state index contributed by atoms with van der Waals surface area (Å²) in [6.07, 6.45) is 33.0. The molecule has 1 unspecified atom stereocenters. The molecule has 0 aromatic rings. The van der Waals surface area contributed by atoms with E-state index in [1.807, 2.05) is 0 Å². The Morgan fingerprint density at radius 1 is 0.447 bits per heavy atom. The Morgan fingerprint density at radius 2 is 0.711 bits per heavy atom. The van der Waals surface area contributed by atoms with Gasteiger partial charge in [-0.3, -0.25) is 9.59 Å². The quantitative estimate of drug-likeness (QED) is 0.0561. The average molecular weight is 539 g/mol. The number of hydrogen-bond acceptors (Lipinski definition) is 4. The molecule has 0 fully saturated rings. The Balaban J connectivity index is 3.38. The van der Waals surface area contributed by atoms with Crippen LogP contribution in [0.4, 0.5) is 0 Å². The SMILES string of the molecule is CCCCCCCCCCCCCCCC(=O)OC(=O)CCCCCCC(O)CCCCCCCCCC. The molecule has 4 nitrogen and oxygen atoms in total. The smallest absolute Gasteiger partial charge is 0.313 e. The van der Waals surface area contributed by atoms with E-state index in [4.69, 9.17) is 4.74 Å². The molecular formula is C34H66O4. The summed E-state index contributed by atoms with van der Waals surface area (Å²) in [4.78, 5) is 23.8. The normalized spacial score (nSPS) is 12.1. The molecule has 1 atom stereocenters. The van der Waals surface area contributed by atoms with E-state index in [0.717, 1.165) is 57.8 Å². The third-order valence-corrected chi connectivity index (χ3v) is 7.77. The molecule has 0 spiro atoms. The Bertz CT molecular complexity index is 505. The molecule has 0 rings (SSSR count). The van der Waals surface area contributed by atoms with Gasteiger partial charge in [-0.15, -0.1) is 0 Å². The predicted octanol–water partition coefficient (Wildman–Crippen LogP) is 10.8. The minimum atomic E-state index is -0.376. The number of aliphatic hydroxyl groups is 1. The standard InChI is InChI=1S/C34H66O4/c1-3-5-7-9-11-13-14-15-16-17-19-21-26-30-33(36)38-34(37)31-27-23-22-25-29-32(35)28-24-20-18-12-10-8-6-4-2/h32,35H,3-31H2,1-2H3. The summed E-state index contributed by atoms with van der Waals surface area (Å²) in [6.45, 7) is 4.51. The fourth-order valence-corrected chi connectivity index (χ4v) is 5.18. The third kappa shape index (κ3) is 29.7. The van der Waals surface area contributed by atoms with Crippen LogP contribution in [0.3, 0.4) is 0 Å². The molecule has 0 aromatic carbocycles. The number of esters is 2. The zero-order valence-electron chi connectivity index (χ0n) is 25.8. The lowest BCUT2D eigenvalue weighted by Gasteiger charge is -2.10. The van der Waals surface area contributed by atoms with Crippen molar-refractivity contribution in [3.8, 4) is 0 Å². The first-order valence-corrected chi connectivity index (χ1v) is 17.0. The Labute approximate surface area is 237 Å². The number of carbonyl (C=O) groups is 2. The summed E-state index contributed by atoms with van der Waals surface area (Å²) in [5.74, 6) is -0.735. The van der Waals surface area contributed by atoms with E-state index in [1.54, 1.807) is 0 Å². The minimum Gasteiger partial charge on any atom is -0.393 e. The second-order valence-corrected chi connectivity index (χ2v) is 11.7. The van der Waals surface area contributed by atoms with Crippen LogP contribution in [0, 0.1) is 0 Å². The number of hydrogen-bond donors (Lipinski definition) is 1. The van der Waals surface area contributed by atoms with Gasteiger partial charge in [-0.25, -0.2) is 0 Å². The molecule has 0 saturated carbocycles. The fourth-order valence-electron chi connectivity index (χ4n) is 5.18. The molecule has 0 aliphatic carbocycles. The first-order valence-electron chi connectivity index (χ1n) is 17.0. The van der Waals surface area contributed by atoms with E-state index >= 15 is 0 Å². The molecule has 226 valence electrons. The lowest BCUT2D eigenvalue weighted by atomic mass is 10.0. The first kappa shape index (κ1) is 37.1. The van der Waals surface area contributed by atoms with Crippen LogP contribution in [0.2, 0.25) is 0 Å². The first-order chi connectivity index (χ1) is 18.6. The predicted molar refractivity (Wildman–Crippen MR) is 162 cm³/mol. The summed E-state index contributed by atoms with van der Waals surface area (Å²) in [5, 5.41) is 10.1. The summed E-state index contributed by atoms with van der Waals surface area (Å²) in [7, 11) is 0. The largest absolute Gasteiger partial charge is 0.393 e. The maximum absolute atomic E-state index is 11.9. The molecule has 38 heavy (non-hydrogen) atoms. The van der Waals surface area contributed by atoms with Gasteiger partial charge in [0.25, 0.3) is 0 Å². The van der Waals surface area contributed by atoms with Gasteiger partial charge in [0, 0.05) is 12.8 Å². The Morgan fingerprint density at radius 3 is 1.03 bits per heavy atom. The van der Waals surface area contributed by atoms with Crippen molar-refractivity contribution in [1.29, 1.82) is 0 Å². The van der Waals surface area contributed by atoms with E-state index < -0.39 is 0 Å². The summed E-state index contributed by atoms with van der Waals surface area (Å²) < 4.78 is 4.98. The highest BCUT2D eigenvalue weighted by molar-refractivity contribution is 5.85. The zero-order valence-corrected chi connectivity index (χ0v) is 25.8. The van der Waals surface area contributed by atoms with Crippen molar-refractivity contribution in [3.63, 3.8) is 0 Å². The molecule has 4 heteroatoms. The van der Waals surface area contributed by atoms with Crippen molar-refractivity contribution in [2.45, 2.75) is 206 Å². The van der Waals surface area contributed by atoms with Gasteiger partial charge < -0.3 is 9.84 Å². The fraction of sp³-hybridized carbons (Fsp3) is 0.941. The van der Waals surface area contributed by atoms with Gasteiger partial charge in [0.2, 0.25) is 0 Å². The van der Waals surface area contributed by atoms with E-state index in [0.29, 0.717) is 12.8 Å². The van der Waals surface area contributed by atoms with Gasteiger partial charge in [0.1, 0.15) is 0 Å². The van der Waals surface area contributed by atoms with Crippen LogP contribution in [0.15, 0.2) is 0 Å². The third-order valence-electron chi connectivity index (χ3n) is 7.77. The van der Waals surface area contributed by atoms with Crippen molar-refractivity contribution in [3.05, 3.63) is 0 Å². The number of aliphatic hydroxyl groups excluding tert-OH is 1. The van der Waals surface area contributed by atoms with Crippen LogP contribution in [-0.4, -0.2) is 23.1 Å². The number of unbranched alkanes of at least 4 members (excludes halogenated alkanes) is 22. The van der Waals surface area contributed by atoms with Crippen molar-refractivity contribution < 1.29 is 19.4 Å². The summed E-state index contributed by atoms with van der Waals surface area (Å²) >= 11 is 0. The second kappa shape index (κ2) is 30.6.